The monoisotopic (exact) mass is 175 g/mol. The van der Waals surface area contributed by atoms with Crippen molar-refractivity contribution in [2.45, 2.75) is 0 Å². The van der Waals surface area contributed by atoms with Gasteiger partial charge in [-0.25, -0.2) is 0 Å². The highest BCUT2D eigenvalue weighted by molar-refractivity contribution is 7.27. The molecule has 0 bridgehead atoms. The minimum atomic E-state index is 1.20. The Bertz CT molecular complexity index is 348. The second kappa shape index (κ2) is 3.12. The van der Waals surface area contributed by atoms with Gasteiger partial charge in [-0.3, -0.25) is 0 Å². The summed E-state index contributed by atoms with van der Waals surface area (Å²) in [6.45, 7) is 0. The molecule has 0 saturated carbocycles. The molecule has 12 heavy (non-hydrogen) atoms. The third-order valence-corrected chi connectivity index (χ3v) is 2.18. The summed E-state index contributed by atoms with van der Waals surface area (Å²) in [6, 6.07) is 12.4. The molecule has 0 amide bonds. The molecule has 1 unspecified atom stereocenters. The molecule has 0 radical (unpaired) electrons. The van der Waals surface area contributed by atoms with E-state index in [2.05, 4.69) is 38.1 Å². The number of hydrogen-bond acceptors (Lipinski definition) is 0. The zero-order valence-corrected chi connectivity index (χ0v) is 7.80. The third-order valence-electron chi connectivity index (χ3n) is 1.80. The normalized spacial score (nSPS) is 10.1. The highest BCUT2D eigenvalue weighted by Gasteiger charge is 1.91. The lowest BCUT2D eigenvalue weighted by Gasteiger charge is -2.01. The van der Waals surface area contributed by atoms with E-state index < -0.39 is 0 Å². The molecule has 60 valence electrons. The molecule has 1 atom stereocenters. The van der Waals surface area contributed by atoms with Gasteiger partial charge in [-0.1, -0.05) is 12.1 Å². The van der Waals surface area contributed by atoms with Gasteiger partial charge in [-0.15, -0.1) is 9.24 Å². The maximum Gasteiger partial charge on any atom is 0.0449 e. The predicted molar refractivity (Wildman–Crippen MR) is 55.1 cm³/mol. The van der Waals surface area contributed by atoms with Crippen molar-refractivity contribution in [2.24, 2.45) is 0 Å². The first kappa shape index (κ1) is 7.57. The minimum absolute atomic E-state index is 1.20. The molecular formula is C10H10NP. The van der Waals surface area contributed by atoms with E-state index in [9.17, 15) is 0 Å². The van der Waals surface area contributed by atoms with Crippen molar-refractivity contribution in [1.29, 1.82) is 0 Å². The average molecular weight is 175 g/mol. The molecule has 2 rings (SSSR count). The van der Waals surface area contributed by atoms with Crippen LogP contribution in [0.5, 0.6) is 0 Å². The summed E-state index contributed by atoms with van der Waals surface area (Å²) in [5.74, 6) is 0. The average Bonchev–Trinajstić information content (AvgIpc) is 2.58. The fourth-order valence-electron chi connectivity index (χ4n) is 1.15. The smallest absolute Gasteiger partial charge is 0.0449 e. The lowest BCUT2D eigenvalue weighted by Crippen LogP contribution is -1.93. The van der Waals surface area contributed by atoms with Crippen molar-refractivity contribution in [3.05, 3.63) is 48.8 Å². The second-order valence-corrected chi connectivity index (χ2v) is 3.35. The predicted octanol–water partition coefficient (Wildman–Crippen LogP) is 1.98. The Morgan fingerprint density at radius 2 is 1.50 bits per heavy atom. The van der Waals surface area contributed by atoms with Crippen molar-refractivity contribution in [1.82, 2.24) is 4.57 Å². The molecule has 1 aromatic carbocycles. The number of rotatable bonds is 1. The Labute approximate surface area is 74.2 Å². The van der Waals surface area contributed by atoms with Crippen molar-refractivity contribution in [2.75, 3.05) is 0 Å². The quantitative estimate of drug-likeness (QED) is 0.584. The summed E-state index contributed by atoms with van der Waals surface area (Å²) < 4.78 is 2.09. The molecule has 2 aromatic rings. The fraction of sp³-hybridized carbons (Fsp3) is 0. The second-order valence-electron chi connectivity index (χ2n) is 2.68. The Morgan fingerprint density at radius 1 is 0.917 bits per heavy atom. The molecular weight excluding hydrogens is 165 g/mol. The van der Waals surface area contributed by atoms with Gasteiger partial charge in [0.15, 0.2) is 0 Å². The molecule has 0 fully saturated rings. The lowest BCUT2D eigenvalue weighted by atomic mass is 10.3. The lowest BCUT2D eigenvalue weighted by molar-refractivity contribution is 1.08. The van der Waals surface area contributed by atoms with Crippen molar-refractivity contribution in [3.8, 4) is 5.69 Å². The summed E-state index contributed by atoms with van der Waals surface area (Å²) >= 11 is 0. The van der Waals surface area contributed by atoms with E-state index >= 15 is 0 Å². The van der Waals surface area contributed by atoms with Crippen LogP contribution >= 0.6 is 9.24 Å². The van der Waals surface area contributed by atoms with Crippen molar-refractivity contribution >= 4 is 14.5 Å². The van der Waals surface area contributed by atoms with E-state index in [0.717, 1.165) is 0 Å². The van der Waals surface area contributed by atoms with Crippen LogP contribution in [0.15, 0.2) is 48.8 Å². The van der Waals surface area contributed by atoms with Gasteiger partial charge in [-0.2, -0.15) is 0 Å². The van der Waals surface area contributed by atoms with Crippen LogP contribution in [0.25, 0.3) is 5.69 Å². The van der Waals surface area contributed by atoms with E-state index in [1.54, 1.807) is 0 Å². The number of benzene rings is 1. The molecule has 1 aromatic heterocycles. The maximum atomic E-state index is 2.68. The Hall–Kier alpha value is -1.07. The van der Waals surface area contributed by atoms with Gasteiger partial charge in [-0.05, 0) is 29.6 Å². The summed E-state index contributed by atoms with van der Waals surface area (Å²) in [7, 11) is 2.68. The van der Waals surface area contributed by atoms with Gasteiger partial charge in [0.05, 0.1) is 0 Å². The summed E-state index contributed by atoms with van der Waals surface area (Å²) in [4.78, 5) is 0. The van der Waals surface area contributed by atoms with Gasteiger partial charge in [0.25, 0.3) is 0 Å². The van der Waals surface area contributed by atoms with E-state index in [-0.39, 0.29) is 0 Å². The Balaban J connectivity index is 2.43. The van der Waals surface area contributed by atoms with Crippen LogP contribution in [-0.4, -0.2) is 4.57 Å². The zero-order valence-electron chi connectivity index (χ0n) is 6.64. The fourth-order valence-corrected chi connectivity index (χ4v) is 1.35. The number of hydrogen-bond donors (Lipinski definition) is 0. The molecule has 0 spiro atoms. The molecule has 0 aliphatic rings. The standard InChI is InChI=1S/C10H10NP/c12-10-5-3-9(4-6-10)11-7-1-2-8-11/h1-8H,12H2. The summed E-state index contributed by atoms with van der Waals surface area (Å²) in [6.07, 6.45) is 4.08. The van der Waals surface area contributed by atoms with Gasteiger partial charge in [0.2, 0.25) is 0 Å². The Kier molecular flexibility index (Phi) is 1.97. The minimum Gasteiger partial charge on any atom is -0.324 e. The van der Waals surface area contributed by atoms with E-state index in [1.807, 2.05) is 24.5 Å². The summed E-state index contributed by atoms with van der Waals surface area (Å²) in [5.41, 5.74) is 1.20. The number of nitrogens with zero attached hydrogens (tertiary/aromatic N) is 1. The first-order valence-corrected chi connectivity index (χ1v) is 4.43. The SMILES string of the molecule is Pc1ccc(-n2cccc2)cc1. The molecule has 1 nitrogen and oxygen atoms in total. The molecule has 0 saturated heterocycles. The number of aromatic nitrogens is 1. The molecule has 2 heteroatoms. The van der Waals surface area contributed by atoms with Crippen molar-refractivity contribution in [3.63, 3.8) is 0 Å². The topological polar surface area (TPSA) is 4.93 Å². The van der Waals surface area contributed by atoms with Gasteiger partial charge < -0.3 is 4.57 Å². The van der Waals surface area contributed by atoms with Crippen LogP contribution < -0.4 is 5.30 Å². The highest BCUT2D eigenvalue weighted by Crippen LogP contribution is 2.06. The van der Waals surface area contributed by atoms with Crippen molar-refractivity contribution < 1.29 is 0 Å². The maximum absolute atomic E-state index is 2.68. The van der Waals surface area contributed by atoms with E-state index in [4.69, 9.17) is 0 Å². The van der Waals surface area contributed by atoms with Crippen LogP contribution in [0.4, 0.5) is 0 Å². The zero-order chi connectivity index (χ0) is 8.39. The van der Waals surface area contributed by atoms with Gasteiger partial charge in [0.1, 0.15) is 0 Å². The van der Waals surface area contributed by atoms with Crippen LogP contribution in [0.2, 0.25) is 0 Å². The van der Waals surface area contributed by atoms with E-state index in [1.165, 1.54) is 11.0 Å². The largest absolute Gasteiger partial charge is 0.324 e. The van der Waals surface area contributed by atoms with Crippen LogP contribution in [0.1, 0.15) is 0 Å². The highest BCUT2D eigenvalue weighted by atomic mass is 31.0. The van der Waals surface area contributed by atoms with Crippen LogP contribution in [0.3, 0.4) is 0 Å². The van der Waals surface area contributed by atoms with Crippen LogP contribution in [-0.2, 0) is 0 Å². The molecule has 0 aliphatic carbocycles. The molecule has 0 aliphatic heterocycles. The van der Waals surface area contributed by atoms with E-state index in [0.29, 0.717) is 0 Å². The third kappa shape index (κ3) is 1.41. The molecule has 1 heterocycles. The van der Waals surface area contributed by atoms with Gasteiger partial charge >= 0.3 is 0 Å². The molecule has 0 N–H and O–H groups in total. The first-order chi connectivity index (χ1) is 5.86. The Morgan fingerprint density at radius 3 is 2.08 bits per heavy atom. The van der Waals surface area contributed by atoms with Crippen LogP contribution in [0, 0.1) is 0 Å². The first-order valence-electron chi connectivity index (χ1n) is 3.85. The van der Waals surface area contributed by atoms with Gasteiger partial charge in [0, 0.05) is 18.1 Å². The summed E-state index contributed by atoms with van der Waals surface area (Å²) in [5, 5.41) is 1.21.